The lowest BCUT2D eigenvalue weighted by Gasteiger charge is -2.05. The SMILES string of the molecule is CC(=O)c1cccc(C(=O)NN2CC2C#N)c1. The van der Waals surface area contributed by atoms with Crippen molar-refractivity contribution in [2.75, 3.05) is 6.54 Å². The first-order valence-corrected chi connectivity index (χ1v) is 5.20. The molecule has 5 nitrogen and oxygen atoms in total. The zero-order valence-corrected chi connectivity index (χ0v) is 9.30. The summed E-state index contributed by atoms with van der Waals surface area (Å²) in [7, 11) is 0. The second kappa shape index (κ2) is 4.36. The summed E-state index contributed by atoms with van der Waals surface area (Å²) in [6.07, 6.45) is 0. The molecule has 0 spiro atoms. The predicted molar refractivity (Wildman–Crippen MR) is 60.0 cm³/mol. The number of ketones is 1. The van der Waals surface area contributed by atoms with Gasteiger partial charge in [0.15, 0.2) is 5.78 Å². The van der Waals surface area contributed by atoms with Crippen LogP contribution in [0.2, 0.25) is 0 Å². The summed E-state index contributed by atoms with van der Waals surface area (Å²) < 4.78 is 0. The first kappa shape index (κ1) is 11.3. The van der Waals surface area contributed by atoms with Gasteiger partial charge >= 0.3 is 0 Å². The average molecular weight is 229 g/mol. The van der Waals surface area contributed by atoms with Crippen molar-refractivity contribution in [1.29, 1.82) is 5.26 Å². The molecule has 1 aliphatic heterocycles. The summed E-state index contributed by atoms with van der Waals surface area (Å²) in [4.78, 5) is 22.9. The van der Waals surface area contributed by atoms with Gasteiger partial charge in [-0.1, -0.05) is 12.1 Å². The Morgan fingerprint density at radius 2 is 2.18 bits per heavy atom. The third-order valence-electron chi connectivity index (χ3n) is 2.54. The molecule has 17 heavy (non-hydrogen) atoms. The van der Waals surface area contributed by atoms with Crippen molar-refractivity contribution >= 4 is 11.7 Å². The minimum Gasteiger partial charge on any atom is -0.295 e. The number of carbonyl (C=O) groups is 2. The van der Waals surface area contributed by atoms with Crippen LogP contribution in [0.5, 0.6) is 0 Å². The number of hydrazine groups is 1. The first-order chi connectivity index (χ1) is 8.11. The Labute approximate surface area is 98.6 Å². The van der Waals surface area contributed by atoms with Crippen LogP contribution in [0, 0.1) is 11.3 Å². The van der Waals surface area contributed by atoms with Crippen LogP contribution >= 0.6 is 0 Å². The van der Waals surface area contributed by atoms with Gasteiger partial charge < -0.3 is 0 Å². The third-order valence-corrected chi connectivity index (χ3v) is 2.54. The Balaban J connectivity index is 2.07. The summed E-state index contributed by atoms with van der Waals surface area (Å²) in [6, 6.07) is 8.31. The van der Waals surface area contributed by atoms with E-state index in [1.165, 1.54) is 6.92 Å². The zero-order valence-electron chi connectivity index (χ0n) is 9.30. The molecular formula is C12H11N3O2. The number of rotatable bonds is 3. The van der Waals surface area contributed by atoms with Crippen LogP contribution in [0.4, 0.5) is 0 Å². The van der Waals surface area contributed by atoms with E-state index in [1.807, 2.05) is 6.07 Å². The van der Waals surface area contributed by atoms with Crippen LogP contribution in [-0.2, 0) is 0 Å². The number of benzene rings is 1. The maximum absolute atomic E-state index is 11.8. The summed E-state index contributed by atoms with van der Waals surface area (Å²) in [5.74, 6) is -0.382. The molecule has 1 saturated heterocycles. The van der Waals surface area contributed by atoms with Gasteiger partial charge in [0.05, 0.1) is 12.6 Å². The lowest BCUT2D eigenvalue weighted by atomic mass is 10.1. The molecule has 0 radical (unpaired) electrons. The van der Waals surface area contributed by atoms with Gasteiger partial charge in [-0.05, 0) is 19.1 Å². The van der Waals surface area contributed by atoms with Crippen molar-refractivity contribution in [2.24, 2.45) is 0 Å². The van der Waals surface area contributed by atoms with E-state index < -0.39 is 0 Å². The standard InChI is InChI=1S/C12H11N3O2/c1-8(16)9-3-2-4-10(5-9)12(17)14-15-7-11(15)6-13/h2-5,11H,7H2,1H3,(H,14,17). The van der Waals surface area contributed by atoms with Gasteiger partial charge in [0.25, 0.3) is 5.91 Å². The average Bonchev–Trinajstić information content (AvgIpc) is 3.07. The van der Waals surface area contributed by atoms with Crippen molar-refractivity contribution in [1.82, 2.24) is 10.4 Å². The number of nitrogens with one attached hydrogen (secondary N) is 1. The maximum Gasteiger partial charge on any atom is 0.265 e. The molecule has 1 N–H and O–H groups in total. The fourth-order valence-corrected chi connectivity index (χ4v) is 1.45. The molecule has 1 aromatic carbocycles. The second-order valence-electron chi connectivity index (χ2n) is 3.88. The first-order valence-electron chi connectivity index (χ1n) is 5.20. The quantitative estimate of drug-likeness (QED) is 0.613. The van der Waals surface area contributed by atoms with Crippen LogP contribution in [0.25, 0.3) is 0 Å². The van der Waals surface area contributed by atoms with Crippen molar-refractivity contribution in [3.63, 3.8) is 0 Å². The number of hydrogen-bond acceptors (Lipinski definition) is 4. The van der Waals surface area contributed by atoms with Crippen molar-refractivity contribution in [2.45, 2.75) is 13.0 Å². The summed E-state index contributed by atoms with van der Waals surface area (Å²) in [6.45, 7) is 2.00. The zero-order chi connectivity index (χ0) is 12.4. The molecule has 0 saturated carbocycles. The highest BCUT2D eigenvalue weighted by molar-refractivity contribution is 5.99. The highest BCUT2D eigenvalue weighted by atomic mass is 16.2. The fourth-order valence-electron chi connectivity index (χ4n) is 1.45. The van der Waals surface area contributed by atoms with E-state index in [0.717, 1.165) is 0 Å². The number of nitriles is 1. The number of hydrogen-bond donors (Lipinski definition) is 1. The Morgan fingerprint density at radius 3 is 2.76 bits per heavy atom. The Morgan fingerprint density at radius 1 is 1.47 bits per heavy atom. The van der Waals surface area contributed by atoms with Gasteiger partial charge in [-0.3, -0.25) is 15.0 Å². The van der Waals surface area contributed by atoms with Gasteiger partial charge in [-0.2, -0.15) is 10.3 Å². The van der Waals surface area contributed by atoms with E-state index in [9.17, 15) is 9.59 Å². The molecule has 2 atom stereocenters. The Hall–Kier alpha value is -2.19. The third kappa shape index (κ3) is 2.49. The monoisotopic (exact) mass is 229 g/mol. The van der Waals surface area contributed by atoms with E-state index >= 15 is 0 Å². The van der Waals surface area contributed by atoms with Crippen molar-refractivity contribution in [3.05, 3.63) is 35.4 Å². The number of nitrogens with zero attached hydrogens (tertiary/aromatic N) is 2. The number of Topliss-reactive ketones (excluding diaryl/α,β-unsaturated/α-hetero) is 1. The molecular weight excluding hydrogens is 218 g/mol. The van der Waals surface area contributed by atoms with Gasteiger partial charge in [0.2, 0.25) is 0 Å². The highest BCUT2D eigenvalue weighted by Crippen LogP contribution is 2.13. The van der Waals surface area contributed by atoms with Crippen LogP contribution in [0.3, 0.4) is 0 Å². The van der Waals surface area contributed by atoms with E-state index in [0.29, 0.717) is 17.7 Å². The van der Waals surface area contributed by atoms with Crippen molar-refractivity contribution in [3.8, 4) is 6.07 Å². The van der Waals surface area contributed by atoms with Crippen LogP contribution in [0.15, 0.2) is 24.3 Å². The topological polar surface area (TPSA) is 73.0 Å². The number of amides is 1. The van der Waals surface area contributed by atoms with Crippen LogP contribution in [-0.4, -0.2) is 29.3 Å². The molecule has 5 heteroatoms. The largest absolute Gasteiger partial charge is 0.295 e. The predicted octanol–water partition coefficient (Wildman–Crippen LogP) is 0.742. The molecule has 1 aliphatic rings. The molecule has 0 aromatic heterocycles. The van der Waals surface area contributed by atoms with Crippen LogP contribution in [0.1, 0.15) is 27.6 Å². The van der Waals surface area contributed by atoms with Crippen LogP contribution < -0.4 is 5.43 Å². The minimum atomic E-state index is -0.300. The smallest absolute Gasteiger partial charge is 0.265 e. The van der Waals surface area contributed by atoms with Gasteiger partial charge in [0, 0.05) is 11.1 Å². The maximum atomic E-state index is 11.8. The molecule has 2 rings (SSSR count). The number of carbonyl (C=O) groups excluding carboxylic acids is 2. The molecule has 1 fully saturated rings. The minimum absolute atomic E-state index is 0.0821. The summed E-state index contributed by atoms with van der Waals surface area (Å²) in [5.41, 5.74) is 3.52. The normalized spacial score (nSPS) is 21.4. The van der Waals surface area contributed by atoms with E-state index in [2.05, 4.69) is 5.43 Å². The molecule has 1 aromatic rings. The van der Waals surface area contributed by atoms with Gasteiger partial charge in [-0.15, -0.1) is 0 Å². The summed E-state index contributed by atoms with van der Waals surface area (Å²) in [5, 5.41) is 10.1. The molecule has 1 heterocycles. The van der Waals surface area contributed by atoms with Crippen molar-refractivity contribution < 1.29 is 9.59 Å². The second-order valence-corrected chi connectivity index (χ2v) is 3.88. The van der Waals surface area contributed by atoms with E-state index in [-0.39, 0.29) is 17.7 Å². The molecule has 2 unspecified atom stereocenters. The lowest BCUT2D eigenvalue weighted by molar-refractivity contribution is 0.0893. The Bertz CT molecular complexity index is 519. The highest BCUT2D eigenvalue weighted by Gasteiger charge is 2.35. The van der Waals surface area contributed by atoms with Gasteiger partial charge in [0.1, 0.15) is 6.04 Å². The summed E-state index contributed by atoms with van der Waals surface area (Å²) >= 11 is 0. The van der Waals surface area contributed by atoms with Gasteiger partial charge in [-0.25, -0.2) is 0 Å². The van der Waals surface area contributed by atoms with E-state index in [1.54, 1.807) is 29.3 Å². The molecule has 86 valence electrons. The molecule has 1 amide bonds. The fraction of sp³-hybridized carbons (Fsp3) is 0.250. The molecule has 0 aliphatic carbocycles. The Kier molecular flexibility index (Phi) is 2.90. The van der Waals surface area contributed by atoms with E-state index in [4.69, 9.17) is 5.26 Å². The lowest BCUT2D eigenvalue weighted by Crippen LogP contribution is -2.30. The molecule has 0 bridgehead atoms.